The summed E-state index contributed by atoms with van der Waals surface area (Å²) >= 11 is 1.63. The molecular formula is C16H20N2O2S. The molecule has 1 atom stereocenters. The molecule has 0 aliphatic carbocycles. The van der Waals surface area contributed by atoms with E-state index in [4.69, 9.17) is 10.5 Å². The van der Waals surface area contributed by atoms with E-state index in [0.29, 0.717) is 5.75 Å². The van der Waals surface area contributed by atoms with Gasteiger partial charge in [0.25, 0.3) is 5.91 Å². The van der Waals surface area contributed by atoms with Crippen LogP contribution in [-0.4, -0.2) is 17.0 Å². The van der Waals surface area contributed by atoms with E-state index in [0.717, 1.165) is 16.3 Å². The Labute approximate surface area is 129 Å². The average molecular weight is 304 g/mol. The number of hydrogen-bond donors (Lipinski definition) is 1. The van der Waals surface area contributed by atoms with Crippen LogP contribution in [0, 0.1) is 0 Å². The largest absolute Gasteiger partial charge is 0.481 e. The molecule has 2 aromatic rings. The summed E-state index contributed by atoms with van der Waals surface area (Å²) in [6, 6.07) is 7.53. The summed E-state index contributed by atoms with van der Waals surface area (Å²) in [6.07, 6.45) is -0.636. The van der Waals surface area contributed by atoms with E-state index >= 15 is 0 Å². The molecule has 0 saturated heterocycles. The molecule has 0 radical (unpaired) electrons. The number of benzene rings is 1. The van der Waals surface area contributed by atoms with Crippen LogP contribution in [0.4, 0.5) is 0 Å². The lowest BCUT2D eigenvalue weighted by atomic mass is 9.93. The number of amides is 1. The first-order valence-electron chi connectivity index (χ1n) is 6.80. The van der Waals surface area contributed by atoms with Crippen LogP contribution in [0.5, 0.6) is 5.75 Å². The van der Waals surface area contributed by atoms with Crippen molar-refractivity contribution < 1.29 is 9.53 Å². The number of nitrogens with two attached hydrogens (primary N) is 1. The molecule has 2 rings (SSSR count). The Hall–Kier alpha value is -1.88. The topological polar surface area (TPSA) is 65.2 Å². The number of primary amides is 1. The third-order valence-corrected chi connectivity index (χ3v) is 3.98. The molecule has 4 nitrogen and oxygen atoms in total. The predicted octanol–water partition coefficient (Wildman–Crippen LogP) is 3.36. The fraction of sp³-hybridized carbons (Fsp3) is 0.375. The molecule has 0 bridgehead atoms. The fourth-order valence-corrected chi connectivity index (χ4v) is 2.74. The third-order valence-electron chi connectivity index (χ3n) is 3.09. The zero-order valence-corrected chi connectivity index (χ0v) is 13.5. The smallest absolute Gasteiger partial charge is 0.258 e. The number of carbonyl (C=O) groups is 1. The van der Waals surface area contributed by atoms with Crippen LogP contribution in [-0.2, 0) is 10.2 Å². The molecule has 2 N–H and O–H groups in total. The number of thiazole rings is 1. The lowest BCUT2D eigenvalue weighted by Crippen LogP contribution is -2.30. The van der Waals surface area contributed by atoms with Gasteiger partial charge in [-0.2, -0.15) is 0 Å². The molecule has 21 heavy (non-hydrogen) atoms. The number of nitrogens with zero attached hydrogens (tertiary/aromatic N) is 1. The summed E-state index contributed by atoms with van der Waals surface area (Å²) in [4.78, 5) is 15.7. The SMILES string of the molecule is C[C@H](Oc1ccc(-c2nc(C(C)(C)C)cs2)cc1)C(N)=O. The highest BCUT2D eigenvalue weighted by Crippen LogP contribution is 2.30. The summed E-state index contributed by atoms with van der Waals surface area (Å²) in [6.45, 7) is 8.07. The van der Waals surface area contributed by atoms with Crippen LogP contribution in [0.3, 0.4) is 0 Å². The molecule has 112 valence electrons. The van der Waals surface area contributed by atoms with Gasteiger partial charge in [-0.05, 0) is 31.2 Å². The minimum atomic E-state index is -0.636. The summed E-state index contributed by atoms with van der Waals surface area (Å²) in [7, 11) is 0. The Morgan fingerprint density at radius 2 is 1.90 bits per heavy atom. The number of rotatable bonds is 4. The standard InChI is InChI=1S/C16H20N2O2S/c1-10(14(17)19)20-12-7-5-11(6-8-12)15-18-13(9-21-15)16(2,3)4/h5-10H,1-4H3,(H2,17,19)/t10-/m0/s1. The Balaban J connectivity index is 2.15. The highest BCUT2D eigenvalue weighted by Gasteiger charge is 2.18. The lowest BCUT2D eigenvalue weighted by molar-refractivity contribution is -0.123. The number of aromatic nitrogens is 1. The highest BCUT2D eigenvalue weighted by molar-refractivity contribution is 7.13. The highest BCUT2D eigenvalue weighted by atomic mass is 32.1. The second-order valence-corrected chi connectivity index (χ2v) is 6.83. The van der Waals surface area contributed by atoms with Crippen LogP contribution in [0.2, 0.25) is 0 Å². The monoisotopic (exact) mass is 304 g/mol. The molecule has 0 spiro atoms. The van der Waals surface area contributed by atoms with E-state index in [-0.39, 0.29) is 5.41 Å². The molecule has 0 aliphatic rings. The van der Waals surface area contributed by atoms with Crippen LogP contribution in [0.15, 0.2) is 29.6 Å². The van der Waals surface area contributed by atoms with Crippen molar-refractivity contribution >= 4 is 17.2 Å². The quantitative estimate of drug-likeness (QED) is 0.942. The second-order valence-electron chi connectivity index (χ2n) is 5.97. The molecule has 0 fully saturated rings. The summed E-state index contributed by atoms with van der Waals surface area (Å²) in [5.41, 5.74) is 7.35. The van der Waals surface area contributed by atoms with Crippen molar-refractivity contribution in [2.24, 2.45) is 5.73 Å². The van der Waals surface area contributed by atoms with Gasteiger partial charge in [-0.3, -0.25) is 4.79 Å². The molecule has 5 heteroatoms. The van der Waals surface area contributed by atoms with Gasteiger partial charge in [0.2, 0.25) is 0 Å². The third kappa shape index (κ3) is 3.82. The van der Waals surface area contributed by atoms with Crippen molar-refractivity contribution in [1.29, 1.82) is 0 Å². The molecule has 1 aromatic carbocycles. The van der Waals surface area contributed by atoms with Crippen molar-refractivity contribution in [2.75, 3.05) is 0 Å². The lowest BCUT2D eigenvalue weighted by Gasteiger charge is -2.14. The van der Waals surface area contributed by atoms with E-state index in [9.17, 15) is 4.79 Å². The zero-order chi connectivity index (χ0) is 15.6. The summed E-state index contributed by atoms with van der Waals surface area (Å²) in [5, 5.41) is 3.07. The summed E-state index contributed by atoms with van der Waals surface area (Å²) in [5.74, 6) is 0.145. The molecule has 0 saturated carbocycles. The van der Waals surface area contributed by atoms with E-state index in [2.05, 4.69) is 31.1 Å². The van der Waals surface area contributed by atoms with Gasteiger partial charge >= 0.3 is 0 Å². The van der Waals surface area contributed by atoms with Crippen LogP contribution >= 0.6 is 11.3 Å². The van der Waals surface area contributed by atoms with Crippen LogP contribution < -0.4 is 10.5 Å². The summed E-state index contributed by atoms with van der Waals surface area (Å²) < 4.78 is 5.43. The molecule has 1 heterocycles. The molecular weight excluding hydrogens is 284 g/mol. The van der Waals surface area contributed by atoms with Gasteiger partial charge in [0.05, 0.1) is 5.69 Å². The van der Waals surface area contributed by atoms with Crippen molar-refractivity contribution in [3.05, 3.63) is 35.3 Å². The second kappa shape index (κ2) is 5.85. The first-order chi connectivity index (χ1) is 9.77. The van der Waals surface area contributed by atoms with Gasteiger partial charge in [-0.1, -0.05) is 20.8 Å². The molecule has 1 aromatic heterocycles. The van der Waals surface area contributed by atoms with Gasteiger partial charge in [0.15, 0.2) is 6.10 Å². The molecule has 0 aliphatic heterocycles. The Morgan fingerprint density at radius 1 is 1.29 bits per heavy atom. The molecule has 1 amide bonds. The number of hydrogen-bond acceptors (Lipinski definition) is 4. The van der Waals surface area contributed by atoms with Gasteiger partial charge in [0, 0.05) is 16.4 Å². The van der Waals surface area contributed by atoms with Gasteiger partial charge in [0.1, 0.15) is 10.8 Å². The van der Waals surface area contributed by atoms with Crippen molar-refractivity contribution in [1.82, 2.24) is 4.98 Å². The maximum absolute atomic E-state index is 11.0. The number of carbonyl (C=O) groups excluding carboxylic acids is 1. The Morgan fingerprint density at radius 3 is 2.38 bits per heavy atom. The van der Waals surface area contributed by atoms with Crippen molar-refractivity contribution in [3.8, 4) is 16.3 Å². The minimum absolute atomic E-state index is 0.0503. The average Bonchev–Trinajstić information content (AvgIpc) is 2.89. The van der Waals surface area contributed by atoms with Gasteiger partial charge in [-0.15, -0.1) is 11.3 Å². The maximum atomic E-state index is 11.0. The van der Waals surface area contributed by atoms with E-state index < -0.39 is 12.0 Å². The van der Waals surface area contributed by atoms with Gasteiger partial charge < -0.3 is 10.5 Å². The van der Waals surface area contributed by atoms with Crippen LogP contribution in [0.25, 0.3) is 10.6 Å². The predicted molar refractivity (Wildman–Crippen MR) is 85.5 cm³/mol. The Kier molecular flexibility index (Phi) is 4.32. The normalized spacial score (nSPS) is 13.0. The van der Waals surface area contributed by atoms with Crippen molar-refractivity contribution in [3.63, 3.8) is 0 Å². The first kappa shape index (κ1) is 15.5. The van der Waals surface area contributed by atoms with Gasteiger partial charge in [-0.25, -0.2) is 4.98 Å². The number of ether oxygens (including phenoxy) is 1. The van der Waals surface area contributed by atoms with Crippen LogP contribution in [0.1, 0.15) is 33.4 Å². The van der Waals surface area contributed by atoms with E-state index in [1.54, 1.807) is 18.3 Å². The Bertz CT molecular complexity index is 626. The first-order valence-corrected chi connectivity index (χ1v) is 7.68. The van der Waals surface area contributed by atoms with E-state index in [1.165, 1.54) is 0 Å². The fourth-order valence-electron chi connectivity index (χ4n) is 1.69. The van der Waals surface area contributed by atoms with E-state index in [1.807, 2.05) is 24.3 Å². The molecule has 0 unspecified atom stereocenters. The van der Waals surface area contributed by atoms with Crippen molar-refractivity contribution in [2.45, 2.75) is 39.2 Å². The maximum Gasteiger partial charge on any atom is 0.258 e. The zero-order valence-electron chi connectivity index (χ0n) is 12.7. The minimum Gasteiger partial charge on any atom is -0.481 e.